The first-order valence-electron chi connectivity index (χ1n) is 7.35. The highest BCUT2D eigenvalue weighted by atomic mass is 32.2. The third-order valence-electron chi connectivity index (χ3n) is 4.22. The van der Waals surface area contributed by atoms with Gasteiger partial charge in [0.25, 0.3) is 0 Å². The summed E-state index contributed by atoms with van der Waals surface area (Å²) in [6, 6.07) is 9.30. The molecule has 2 aromatic carbocycles. The molecular weight excluding hydrogens is 324 g/mol. The summed E-state index contributed by atoms with van der Waals surface area (Å²) in [5, 5.41) is 9.93. The van der Waals surface area contributed by atoms with E-state index < -0.39 is 39.6 Å². The molecule has 1 saturated heterocycles. The van der Waals surface area contributed by atoms with Crippen molar-refractivity contribution in [3.8, 4) is 0 Å². The van der Waals surface area contributed by atoms with Crippen LogP contribution in [0.2, 0.25) is 0 Å². The molecule has 124 valence electrons. The van der Waals surface area contributed by atoms with Gasteiger partial charge in [0, 0.05) is 11.9 Å². The topological polar surface area (TPSA) is 57.6 Å². The number of hydrogen-bond acceptors (Lipinski definition) is 3. The highest BCUT2D eigenvalue weighted by Gasteiger charge is 2.40. The van der Waals surface area contributed by atoms with Crippen molar-refractivity contribution < 1.29 is 22.3 Å². The van der Waals surface area contributed by atoms with E-state index in [1.165, 1.54) is 18.2 Å². The average molecular weight is 341 g/mol. The number of aliphatic hydroxyl groups is 1. The lowest BCUT2D eigenvalue weighted by molar-refractivity contribution is 0.0236. The Morgan fingerprint density at radius 2 is 1.96 bits per heavy atom. The van der Waals surface area contributed by atoms with Crippen LogP contribution in [0, 0.1) is 5.82 Å². The molecule has 0 bridgehead atoms. The normalized spacial score (nSPS) is 23.3. The van der Waals surface area contributed by atoms with Gasteiger partial charge in [-0.1, -0.05) is 30.3 Å². The van der Waals surface area contributed by atoms with Crippen molar-refractivity contribution in [1.82, 2.24) is 4.31 Å². The summed E-state index contributed by atoms with van der Waals surface area (Å²) in [6.07, 6.45) is 0.376. The van der Waals surface area contributed by atoms with Crippen LogP contribution in [0.4, 0.5) is 8.78 Å². The molecule has 1 aliphatic heterocycles. The summed E-state index contributed by atoms with van der Waals surface area (Å²) in [5.74, 6) is -0.831. The Morgan fingerprint density at radius 1 is 1.22 bits per heavy atom. The fourth-order valence-corrected chi connectivity index (χ4v) is 4.56. The molecule has 1 fully saturated rings. The van der Waals surface area contributed by atoms with Gasteiger partial charge in [-0.25, -0.2) is 17.2 Å². The highest BCUT2D eigenvalue weighted by Crippen LogP contribution is 2.31. The summed E-state index contributed by atoms with van der Waals surface area (Å²) >= 11 is 0. The van der Waals surface area contributed by atoms with E-state index in [1.54, 1.807) is 18.2 Å². The molecule has 7 heteroatoms. The molecule has 23 heavy (non-hydrogen) atoms. The van der Waals surface area contributed by atoms with E-state index >= 15 is 0 Å². The van der Waals surface area contributed by atoms with Gasteiger partial charge in [-0.3, -0.25) is 0 Å². The van der Waals surface area contributed by atoms with Crippen LogP contribution in [-0.2, 0) is 10.0 Å². The number of aliphatic hydroxyl groups excluding tert-OH is 1. The van der Waals surface area contributed by atoms with Crippen molar-refractivity contribution in [3.63, 3.8) is 0 Å². The minimum Gasteiger partial charge on any atom is -0.393 e. The van der Waals surface area contributed by atoms with Crippen molar-refractivity contribution in [2.45, 2.75) is 23.4 Å². The van der Waals surface area contributed by atoms with Gasteiger partial charge < -0.3 is 5.11 Å². The van der Waals surface area contributed by atoms with E-state index in [1.807, 2.05) is 0 Å². The van der Waals surface area contributed by atoms with E-state index in [4.69, 9.17) is 5.11 Å². The van der Waals surface area contributed by atoms with Crippen LogP contribution in [0.25, 0.3) is 10.8 Å². The summed E-state index contributed by atoms with van der Waals surface area (Å²) < 4.78 is 55.2. The second-order valence-electron chi connectivity index (χ2n) is 5.85. The Kier molecular flexibility index (Phi) is 4.12. The number of hydrogen-bond donors (Lipinski definition) is 1. The van der Waals surface area contributed by atoms with E-state index in [-0.39, 0.29) is 24.8 Å². The summed E-state index contributed by atoms with van der Waals surface area (Å²) in [4.78, 5) is -0.460. The first-order valence-corrected chi connectivity index (χ1v) is 8.79. The van der Waals surface area contributed by atoms with Crippen LogP contribution >= 0.6 is 0 Å². The number of halogens is 2. The lowest BCUT2D eigenvalue weighted by atomic mass is 9.97. The zero-order valence-electron chi connectivity index (χ0n) is 12.4. The molecule has 1 N–H and O–H groups in total. The number of fused-ring (bicyclic) bond motifs is 1. The second-order valence-corrected chi connectivity index (χ2v) is 7.76. The molecule has 1 heterocycles. The molecule has 0 amide bonds. The molecule has 3 rings (SSSR count). The van der Waals surface area contributed by atoms with Crippen LogP contribution < -0.4 is 0 Å². The fraction of sp³-hybridized carbons (Fsp3) is 0.375. The third-order valence-corrected chi connectivity index (χ3v) is 6.08. The molecule has 0 spiro atoms. The monoisotopic (exact) mass is 341 g/mol. The number of piperidine rings is 1. The maximum atomic E-state index is 14.6. The standard InChI is InChI=1S/C16H17F2NO3S/c17-15-13-5-2-1-4-12(13)6-7-14(15)23(21,22)19-9-3-8-16(18,10-19)11-20/h1-2,4-7,20H,3,8-11H2. The molecule has 4 nitrogen and oxygen atoms in total. The molecule has 0 aliphatic carbocycles. The van der Waals surface area contributed by atoms with Gasteiger partial charge in [0.2, 0.25) is 10.0 Å². The zero-order chi connectivity index (χ0) is 16.7. The Hall–Kier alpha value is -1.57. The predicted molar refractivity (Wildman–Crippen MR) is 82.8 cm³/mol. The van der Waals surface area contributed by atoms with E-state index in [9.17, 15) is 17.2 Å². The van der Waals surface area contributed by atoms with Gasteiger partial charge in [-0.2, -0.15) is 4.31 Å². The van der Waals surface area contributed by atoms with Crippen molar-refractivity contribution in [2.75, 3.05) is 19.7 Å². The second kappa shape index (κ2) is 5.81. The van der Waals surface area contributed by atoms with Gasteiger partial charge >= 0.3 is 0 Å². The molecule has 1 atom stereocenters. The average Bonchev–Trinajstić information content (AvgIpc) is 2.55. The fourth-order valence-electron chi connectivity index (χ4n) is 2.93. The van der Waals surface area contributed by atoms with Gasteiger partial charge in [-0.05, 0) is 24.3 Å². The maximum Gasteiger partial charge on any atom is 0.246 e. The van der Waals surface area contributed by atoms with Crippen LogP contribution in [-0.4, -0.2) is 43.2 Å². The van der Waals surface area contributed by atoms with Gasteiger partial charge in [0.15, 0.2) is 5.82 Å². The van der Waals surface area contributed by atoms with Crippen molar-refractivity contribution in [2.24, 2.45) is 0 Å². The maximum absolute atomic E-state index is 14.6. The van der Waals surface area contributed by atoms with Gasteiger partial charge in [-0.15, -0.1) is 0 Å². The summed E-state index contributed by atoms with van der Waals surface area (Å²) in [7, 11) is -4.16. The SMILES string of the molecule is O=S(=O)(c1ccc2ccccc2c1F)N1CCCC(F)(CO)C1. The molecule has 0 aromatic heterocycles. The van der Waals surface area contributed by atoms with Crippen LogP contribution in [0.15, 0.2) is 41.3 Å². The highest BCUT2D eigenvalue weighted by molar-refractivity contribution is 7.89. The van der Waals surface area contributed by atoms with Gasteiger partial charge in [0.05, 0.1) is 13.2 Å². The molecule has 0 saturated carbocycles. The minimum absolute atomic E-state index is 0.0930. The van der Waals surface area contributed by atoms with Crippen LogP contribution in [0.3, 0.4) is 0 Å². The Morgan fingerprint density at radius 3 is 2.70 bits per heavy atom. The molecule has 0 radical (unpaired) electrons. The Bertz CT molecular complexity index is 840. The number of benzene rings is 2. The van der Waals surface area contributed by atoms with E-state index in [2.05, 4.69) is 0 Å². The lowest BCUT2D eigenvalue weighted by Gasteiger charge is -2.35. The van der Waals surface area contributed by atoms with Crippen LogP contribution in [0.5, 0.6) is 0 Å². The third kappa shape index (κ3) is 2.84. The van der Waals surface area contributed by atoms with E-state index in [0.717, 1.165) is 4.31 Å². The molecular formula is C16H17F2NO3S. The van der Waals surface area contributed by atoms with Crippen LogP contribution in [0.1, 0.15) is 12.8 Å². The predicted octanol–water partition coefficient (Wildman–Crippen LogP) is 2.46. The van der Waals surface area contributed by atoms with E-state index in [0.29, 0.717) is 5.39 Å². The number of alkyl halides is 1. The van der Waals surface area contributed by atoms with Crippen molar-refractivity contribution >= 4 is 20.8 Å². The van der Waals surface area contributed by atoms with Crippen molar-refractivity contribution in [1.29, 1.82) is 0 Å². The smallest absolute Gasteiger partial charge is 0.246 e. The quantitative estimate of drug-likeness (QED) is 0.933. The summed E-state index contributed by atoms with van der Waals surface area (Å²) in [5.41, 5.74) is -1.97. The Balaban J connectivity index is 2.05. The number of sulfonamides is 1. The number of nitrogens with zero attached hydrogens (tertiary/aromatic N) is 1. The Labute approximate surface area is 133 Å². The number of rotatable bonds is 3. The molecule has 1 aliphatic rings. The van der Waals surface area contributed by atoms with Crippen molar-refractivity contribution in [3.05, 3.63) is 42.2 Å². The first kappa shape index (κ1) is 16.3. The minimum atomic E-state index is -4.16. The zero-order valence-corrected chi connectivity index (χ0v) is 13.2. The lowest BCUT2D eigenvalue weighted by Crippen LogP contribution is -2.49. The first-order chi connectivity index (χ1) is 10.9. The molecule has 1 unspecified atom stereocenters. The molecule has 2 aromatic rings. The van der Waals surface area contributed by atoms with Gasteiger partial charge in [0.1, 0.15) is 10.6 Å². The summed E-state index contributed by atoms with van der Waals surface area (Å²) in [6.45, 7) is -1.10. The largest absolute Gasteiger partial charge is 0.393 e.